The van der Waals surface area contributed by atoms with Crippen LogP contribution in [0.5, 0.6) is 0 Å². The van der Waals surface area contributed by atoms with Crippen LogP contribution in [0.15, 0.2) is 0 Å². The van der Waals surface area contributed by atoms with Crippen LogP contribution in [0.25, 0.3) is 0 Å². The van der Waals surface area contributed by atoms with E-state index in [4.69, 9.17) is 5.73 Å². The molecule has 0 radical (unpaired) electrons. The van der Waals surface area contributed by atoms with Crippen molar-refractivity contribution in [3.8, 4) is 0 Å². The molecule has 1 amide bonds. The van der Waals surface area contributed by atoms with Crippen LogP contribution in [-0.2, 0) is 4.79 Å². The summed E-state index contributed by atoms with van der Waals surface area (Å²) < 4.78 is 0. The maximum Gasteiger partial charge on any atom is 0.226 e. The highest BCUT2D eigenvalue weighted by molar-refractivity contribution is 5.85. The minimum Gasteiger partial charge on any atom is -0.341 e. The number of nitrogens with two attached hydrogens (primary N) is 1. The smallest absolute Gasteiger partial charge is 0.226 e. The first kappa shape index (κ1) is 6.16. The van der Waals surface area contributed by atoms with Gasteiger partial charge in [0.1, 0.15) is 0 Å². The SMILES string of the molecule is CN1C(=O)C2CC2C1CN. The normalized spacial score (nSPS) is 44.0. The van der Waals surface area contributed by atoms with Gasteiger partial charge in [-0.05, 0) is 12.3 Å². The zero-order valence-corrected chi connectivity index (χ0v) is 6.08. The molecule has 3 unspecified atom stereocenters. The van der Waals surface area contributed by atoms with Crippen molar-refractivity contribution >= 4 is 5.91 Å². The van der Waals surface area contributed by atoms with E-state index in [-0.39, 0.29) is 0 Å². The van der Waals surface area contributed by atoms with E-state index < -0.39 is 0 Å². The number of fused-ring (bicyclic) bond motifs is 1. The van der Waals surface area contributed by atoms with Crippen LogP contribution >= 0.6 is 0 Å². The fourth-order valence-electron chi connectivity index (χ4n) is 1.97. The van der Waals surface area contributed by atoms with Gasteiger partial charge in [0.2, 0.25) is 5.91 Å². The topological polar surface area (TPSA) is 46.3 Å². The van der Waals surface area contributed by atoms with Crippen LogP contribution in [0.2, 0.25) is 0 Å². The lowest BCUT2D eigenvalue weighted by molar-refractivity contribution is -0.129. The first-order valence-corrected chi connectivity index (χ1v) is 3.72. The molecule has 0 aromatic heterocycles. The summed E-state index contributed by atoms with van der Waals surface area (Å²) in [5.74, 6) is 1.25. The molecule has 1 aliphatic carbocycles. The first-order valence-electron chi connectivity index (χ1n) is 3.72. The lowest BCUT2D eigenvalue weighted by Crippen LogP contribution is -2.38. The van der Waals surface area contributed by atoms with Gasteiger partial charge < -0.3 is 10.6 Å². The monoisotopic (exact) mass is 140 g/mol. The second kappa shape index (κ2) is 1.72. The number of rotatable bonds is 1. The maximum atomic E-state index is 11.2. The predicted octanol–water partition coefficient (Wildman–Crippen LogP) is -0.578. The Morgan fingerprint density at radius 1 is 1.80 bits per heavy atom. The third-order valence-electron chi connectivity index (χ3n) is 2.74. The molecule has 1 aliphatic heterocycles. The zero-order chi connectivity index (χ0) is 7.30. The molecule has 1 saturated heterocycles. The van der Waals surface area contributed by atoms with E-state index in [0.29, 0.717) is 30.3 Å². The maximum absolute atomic E-state index is 11.2. The van der Waals surface area contributed by atoms with Gasteiger partial charge >= 0.3 is 0 Å². The van der Waals surface area contributed by atoms with E-state index in [0.717, 1.165) is 6.42 Å². The van der Waals surface area contributed by atoms with Gasteiger partial charge in [0.25, 0.3) is 0 Å². The minimum absolute atomic E-state index is 0.306. The standard InChI is InChI=1S/C7H12N2O/c1-9-6(3-8)4-2-5(4)7(9)10/h4-6H,2-3,8H2,1H3. The number of hydrogen-bond acceptors (Lipinski definition) is 2. The van der Waals surface area contributed by atoms with Gasteiger partial charge in [-0.25, -0.2) is 0 Å². The Hall–Kier alpha value is -0.570. The summed E-state index contributed by atoms with van der Waals surface area (Å²) in [6.07, 6.45) is 1.09. The quantitative estimate of drug-likeness (QED) is 0.529. The molecule has 2 N–H and O–H groups in total. The fraction of sp³-hybridized carbons (Fsp3) is 0.857. The zero-order valence-electron chi connectivity index (χ0n) is 6.08. The molecule has 3 nitrogen and oxygen atoms in total. The van der Waals surface area contributed by atoms with Gasteiger partial charge in [0.05, 0.1) is 0 Å². The fourth-order valence-corrected chi connectivity index (χ4v) is 1.97. The predicted molar refractivity (Wildman–Crippen MR) is 37.2 cm³/mol. The molecule has 0 aromatic rings. The molecule has 56 valence electrons. The van der Waals surface area contributed by atoms with Crippen molar-refractivity contribution in [2.75, 3.05) is 13.6 Å². The molecule has 0 spiro atoms. The van der Waals surface area contributed by atoms with Gasteiger partial charge in [0, 0.05) is 25.6 Å². The molecular weight excluding hydrogens is 128 g/mol. The van der Waals surface area contributed by atoms with Crippen LogP contribution in [-0.4, -0.2) is 30.4 Å². The number of likely N-dealkylation sites (N-methyl/N-ethyl adjacent to an activating group) is 1. The average Bonchev–Trinajstić information content (AvgIpc) is 2.63. The van der Waals surface area contributed by atoms with E-state index in [2.05, 4.69) is 0 Å². The van der Waals surface area contributed by atoms with Gasteiger partial charge in [-0.2, -0.15) is 0 Å². The summed E-state index contributed by atoms with van der Waals surface area (Å²) in [5.41, 5.74) is 5.51. The van der Waals surface area contributed by atoms with Gasteiger partial charge in [-0.1, -0.05) is 0 Å². The Morgan fingerprint density at radius 3 is 2.80 bits per heavy atom. The van der Waals surface area contributed by atoms with Crippen LogP contribution in [0.3, 0.4) is 0 Å². The van der Waals surface area contributed by atoms with E-state index in [1.54, 1.807) is 4.90 Å². The summed E-state index contributed by atoms with van der Waals surface area (Å²) >= 11 is 0. The van der Waals surface area contributed by atoms with Crippen LogP contribution in [0.4, 0.5) is 0 Å². The largest absolute Gasteiger partial charge is 0.341 e. The van der Waals surface area contributed by atoms with Crippen molar-refractivity contribution in [2.45, 2.75) is 12.5 Å². The number of piperidine rings is 1. The Kier molecular flexibility index (Phi) is 1.06. The number of carbonyl (C=O) groups is 1. The van der Waals surface area contributed by atoms with Crippen molar-refractivity contribution in [2.24, 2.45) is 17.6 Å². The van der Waals surface area contributed by atoms with E-state index in [1.165, 1.54) is 0 Å². The third kappa shape index (κ3) is 0.560. The summed E-state index contributed by atoms with van der Waals surface area (Å²) in [5, 5.41) is 0. The third-order valence-corrected chi connectivity index (χ3v) is 2.74. The van der Waals surface area contributed by atoms with E-state index in [1.807, 2.05) is 7.05 Å². The molecule has 2 aliphatic rings. The second-order valence-electron chi connectivity index (χ2n) is 3.26. The molecule has 0 bridgehead atoms. The molecule has 2 fully saturated rings. The van der Waals surface area contributed by atoms with Gasteiger partial charge in [0.15, 0.2) is 0 Å². The Balaban J connectivity index is 2.16. The Labute approximate surface area is 60.2 Å². The number of hydrogen-bond donors (Lipinski definition) is 1. The highest BCUT2D eigenvalue weighted by Crippen LogP contribution is 2.49. The first-order chi connectivity index (χ1) is 4.75. The minimum atomic E-state index is 0.306. The van der Waals surface area contributed by atoms with Crippen LogP contribution in [0.1, 0.15) is 6.42 Å². The highest BCUT2D eigenvalue weighted by atomic mass is 16.2. The summed E-state index contributed by atoms with van der Waals surface area (Å²) in [4.78, 5) is 13.0. The number of likely N-dealkylation sites (tertiary alicyclic amines) is 1. The lowest BCUT2D eigenvalue weighted by atomic mass is 10.2. The van der Waals surface area contributed by atoms with E-state index in [9.17, 15) is 4.79 Å². The number of carbonyl (C=O) groups excluding carboxylic acids is 1. The van der Waals surface area contributed by atoms with Gasteiger partial charge in [-0.15, -0.1) is 0 Å². The summed E-state index contributed by atoms with van der Waals surface area (Å²) in [6, 6.07) is 0.345. The van der Waals surface area contributed by atoms with Crippen molar-refractivity contribution in [1.82, 2.24) is 4.90 Å². The lowest BCUT2D eigenvalue weighted by Gasteiger charge is -2.20. The molecule has 1 heterocycles. The van der Waals surface area contributed by atoms with Crippen LogP contribution in [0, 0.1) is 11.8 Å². The summed E-state index contributed by atoms with van der Waals surface area (Å²) in [6.45, 7) is 0.628. The molecule has 0 aromatic carbocycles. The molecule has 3 atom stereocenters. The number of nitrogens with zero attached hydrogens (tertiary/aromatic N) is 1. The van der Waals surface area contributed by atoms with Crippen molar-refractivity contribution in [3.05, 3.63) is 0 Å². The van der Waals surface area contributed by atoms with Crippen LogP contribution < -0.4 is 5.73 Å². The van der Waals surface area contributed by atoms with E-state index >= 15 is 0 Å². The number of amides is 1. The second-order valence-corrected chi connectivity index (χ2v) is 3.26. The molecule has 10 heavy (non-hydrogen) atoms. The van der Waals surface area contributed by atoms with Crippen molar-refractivity contribution < 1.29 is 4.79 Å². The average molecular weight is 140 g/mol. The molecule has 3 heteroatoms. The van der Waals surface area contributed by atoms with Gasteiger partial charge in [-0.3, -0.25) is 4.79 Å². The highest BCUT2D eigenvalue weighted by Gasteiger charge is 2.56. The Morgan fingerprint density at radius 2 is 2.50 bits per heavy atom. The Bertz CT molecular complexity index is 180. The van der Waals surface area contributed by atoms with Crippen molar-refractivity contribution in [3.63, 3.8) is 0 Å². The van der Waals surface area contributed by atoms with Crippen molar-refractivity contribution in [1.29, 1.82) is 0 Å². The molecule has 1 saturated carbocycles. The molecular formula is C7H12N2O. The molecule has 2 rings (SSSR count). The summed E-state index contributed by atoms with van der Waals surface area (Å²) in [7, 11) is 1.85.